The van der Waals surface area contributed by atoms with Gasteiger partial charge in [0.2, 0.25) is 0 Å². The SMILES string of the molecule is COc1cccc2c(C)c(C(=O)Nc3c(C)nn(C(C)C)c3C)oc12. The highest BCUT2D eigenvalue weighted by atomic mass is 16.5. The number of ether oxygens (including phenoxy) is 1. The van der Waals surface area contributed by atoms with E-state index in [0.717, 1.165) is 28.0 Å². The van der Waals surface area contributed by atoms with Crippen LogP contribution in [-0.4, -0.2) is 22.8 Å². The molecule has 0 aliphatic heterocycles. The standard InChI is InChI=1S/C19H23N3O3/c1-10(2)22-13(5)16(12(4)21-22)20-19(23)17-11(3)14-8-7-9-15(24-6)18(14)25-17/h7-10H,1-6H3,(H,20,23). The summed E-state index contributed by atoms with van der Waals surface area (Å²) in [6.45, 7) is 9.82. The zero-order valence-electron chi connectivity index (χ0n) is 15.4. The maximum Gasteiger partial charge on any atom is 0.291 e. The topological polar surface area (TPSA) is 69.3 Å². The predicted molar refractivity (Wildman–Crippen MR) is 97.5 cm³/mol. The molecule has 2 aromatic heterocycles. The van der Waals surface area contributed by atoms with E-state index in [1.807, 2.05) is 43.7 Å². The van der Waals surface area contributed by atoms with Crippen LogP contribution in [0.5, 0.6) is 5.75 Å². The van der Waals surface area contributed by atoms with Gasteiger partial charge in [-0.1, -0.05) is 12.1 Å². The van der Waals surface area contributed by atoms with Gasteiger partial charge in [0.25, 0.3) is 5.91 Å². The van der Waals surface area contributed by atoms with Crippen molar-refractivity contribution in [1.29, 1.82) is 0 Å². The van der Waals surface area contributed by atoms with Crippen LogP contribution < -0.4 is 10.1 Å². The van der Waals surface area contributed by atoms with Crippen LogP contribution in [0, 0.1) is 20.8 Å². The number of nitrogens with one attached hydrogen (secondary N) is 1. The third-order valence-corrected chi connectivity index (χ3v) is 4.41. The molecule has 0 bridgehead atoms. The number of fused-ring (bicyclic) bond motifs is 1. The monoisotopic (exact) mass is 341 g/mol. The molecule has 0 saturated heterocycles. The van der Waals surface area contributed by atoms with Crippen molar-refractivity contribution >= 4 is 22.6 Å². The molecule has 6 nitrogen and oxygen atoms in total. The molecule has 0 atom stereocenters. The van der Waals surface area contributed by atoms with E-state index in [9.17, 15) is 4.79 Å². The highest BCUT2D eigenvalue weighted by molar-refractivity contribution is 6.07. The molecule has 3 rings (SSSR count). The molecule has 25 heavy (non-hydrogen) atoms. The second-order valence-corrected chi connectivity index (χ2v) is 6.43. The van der Waals surface area contributed by atoms with Crippen molar-refractivity contribution in [2.45, 2.75) is 40.7 Å². The van der Waals surface area contributed by atoms with Crippen molar-refractivity contribution < 1.29 is 13.9 Å². The number of anilines is 1. The molecular formula is C19H23N3O3. The fourth-order valence-electron chi connectivity index (χ4n) is 3.11. The van der Waals surface area contributed by atoms with Gasteiger partial charge in [-0.2, -0.15) is 5.10 Å². The molecule has 3 aromatic rings. The largest absolute Gasteiger partial charge is 0.493 e. The Hall–Kier alpha value is -2.76. The van der Waals surface area contributed by atoms with E-state index >= 15 is 0 Å². The Labute approximate surface area is 146 Å². The van der Waals surface area contributed by atoms with Crippen LogP contribution in [0.4, 0.5) is 5.69 Å². The maximum atomic E-state index is 12.8. The molecular weight excluding hydrogens is 318 g/mol. The first-order chi connectivity index (χ1) is 11.8. The number of carbonyl (C=O) groups is 1. The van der Waals surface area contributed by atoms with Crippen molar-refractivity contribution in [3.8, 4) is 5.75 Å². The Morgan fingerprint density at radius 2 is 2.00 bits per heavy atom. The highest BCUT2D eigenvalue weighted by Crippen LogP contribution is 2.33. The summed E-state index contributed by atoms with van der Waals surface area (Å²) in [6.07, 6.45) is 0. The summed E-state index contributed by atoms with van der Waals surface area (Å²) < 4.78 is 13.0. The van der Waals surface area contributed by atoms with Gasteiger partial charge in [-0.3, -0.25) is 9.48 Å². The lowest BCUT2D eigenvalue weighted by Gasteiger charge is -2.09. The van der Waals surface area contributed by atoms with Crippen molar-refractivity contribution in [2.75, 3.05) is 12.4 Å². The van der Waals surface area contributed by atoms with Crippen LogP contribution in [-0.2, 0) is 0 Å². The number of hydrogen-bond acceptors (Lipinski definition) is 4. The van der Waals surface area contributed by atoms with E-state index in [2.05, 4.69) is 24.3 Å². The van der Waals surface area contributed by atoms with Gasteiger partial charge >= 0.3 is 0 Å². The normalized spacial score (nSPS) is 11.3. The van der Waals surface area contributed by atoms with Crippen LogP contribution in [0.1, 0.15) is 47.4 Å². The Kier molecular flexibility index (Phi) is 4.29. The smallest absolute Gasteiger partial charge is 0.291 e. The minimum atomic E-state index is -0.287. The number of aryl methyl sites for hydroxylation is 2. The Bertz CT molecular complexity index is 951. The number of hydrogen-bond donors (Lipinski definition) is 1. The molecule has 0 spiro atoms. The number of methoxy groups -OCH3 is 1. The van der Waals surface area contributed by atoms with E-state index in [1.165, 1.54) is 0 Å². The van der Waals surface area contributed by atoms with Gasteiger partial charge in [-0.25, -0.2) is 0 Å². The second-order valence-electron chi connectivity index (χ2n) is 6.43. The van der Waals surface area contributed by atoms with E-state index in [-0.39, 0.29) is 17.7 Å². The van der Waals surface area contributed by atoms with Gasteiger partial charge in [0, 0.05) is 17.0 Å². The Morgan fingerprint density at radius 1 is 1.28 bits per heavy atom. The predicted octanol–water partition coefficient (Wildman–Crippen LogP) is 4.40. The lowest BCUT2D eigenvalue weighted by atomic mass is 10.1. The van der Waals surface area contributed by atoms with Gasteiger partial charge in [0.15, 0.2) is 17.1 Å². The third kappa shape index (κ3) is 2.77. The molecule has 132 valence electrons. The van der Waals surface area contributed by atoms with E-state index in [1.54, 1.807) is 7.11 Å². The molecule has 0 fully saturated rings. The number of para-hydroxylation sites is 1. The van der Waals surface area contributed by atoms with E-state index < -0.39 is 0 Å². The van der Waals surface area contributed by atoms with Crippen LogP contribution in [0.15, 0.2) is 22.6 Å². The molecule has 0 saturated carbocycles. The zero-order valence-corrected chi connectivity index (χ0v) is 15.4. The summed E-state index contributed by atoms with van der Waals surface area (Å²) in [5, 5.41) is 8.32. The fourth-order valence-corrected chi connectivity index (χ4v) is 3.11. The molecule has 2 heterocycles. The zero-order chi connectivity index (χ0) is 18.3. The summed E-state index contributed by atoms with van der Waals surface area (Å²) in [5.41, 5.74) is 3.81. The molecule has 0 aliphatic carbocycles. The third-order valence-electron chi connectivity index (χ3n) is 4.41. The van der Waals surface area contributed by atoms with Gasteiger partial charge in [0.1, 0.15) is 0 Å². The van der Waals surface area contributed by atoms with Crippen LogP contribution in [0.2, 0.25) is 0 Å². The molecule has 0 radical (unpaired) electrons. The number of aromatic nitrogens is 2. The first-order valence-corrected chi connectivity index (χ1v) is 8.28. The molecule has 0 unspecified atom stereocenters. The number of rotatable bonds is 4. The number of furan rings is 1. The van der Waals surface area contributed by atoms with Gasteiger partial charge < -0.3 is 14.5 Å². The Balaban J connectivity index is 2.00. The molecule has 1 amide bonds. The lowest BCUT2D eigenvalue weighted by molar-refractivity contribution is 0.0997. The quantitative estimate of drug-likeness (QED) is 0.764. The summed E-state index contributed by atoms with van der Waals surface area (Å²) in [4.78, 5) is 12.8. The number of benzene rings is 1. The number of nitrogens with zero attached hydrogens (tertiary/aromatic N) is 2. The van der Waals surface area contributed by atoms with Gasteiger partial charge in [-0.15, -0.1) is 0 Å². The van der Waals surface area contributed by atoms with Crippen LogP contribution in [0.25, 0.3) is 11.0 Å². The summed E-state index contributed by atoms with van der Waals surface area (Å²) in [7, 11) is 1.58. The second kappa shape index (κ2) is 6.27. The molecule has 1 aromatic carbocycles. The minimum absolute atomic E-state index is 0.224. The van der Waals surface area contributed by atoms with E-state index in [4.69, 9.17) is 9.15 Å². The minimum Gasteiger partial charge on any atom is -0.493 e. The summed E-state index contributed by atoms with van der Waals surface area (Å²) >= 11 is 0. The summed E-state index contributed by atoms with van der Waals surface area (Å²) in [6, 6.07) is 5.84. The van der Waals surface area contributed by atoms with Gasteiger partial charge in [-0.05, 0) is 40.7 Å². The lowest BCUT2D eigenvalue weighted by Crippen LogP contribution is -2.13. The van der Waals surface area contributed by atoms with Crippen molar-refractivity contribution in [3.63, 3.8) is 0 Å². The van der Waals surface area contributed by atoms with Crippen LogP contribution in [0.3, 0.4) is 0 Å². The van der Waals surface area contributed by atoms with Crippen LogP contribution >= 0.6 is 0 Å². The highest BCUT2D eigenvalue weighted by Gasteiger charge is 2.22. The number of carbonyl (C=O) groups excluding carboxylic acids is 1. The first-order valence-electron chi connectivity index (χ1n) is 8.28. The molecule has 6 heteroatoms. The van der Waals surface area contributed by atoms with Crippen molar-refractivity contribution in [3.05, 3.63) is 40.9 Å². The van der Waals surface area contributed by atoms with Crippen molar-refractivity contribution in [1.82, 2.24) is 9.78 Å². The van der Waals surface area contributed by atoms with E-state index in [0.29, 0.717) is 11.3 Å². The maximum absolute atomic E-state index is 12.8. The molecule has 1 N–H and O–H groups in total. The number of amides is 1. The van der Waals surface area contributed by atoms with Gasteiger partial charge in [0.05, 0.1) is 24.2 Å². The average molecular weight is 341 g/mol. The first kappa shape index (κ1) is 17.1. The average Bonchev–Trinajstić information content (AvgIpc) is 3.06. The van der Waals surface area contributed by atoms with Crippen molar-refractivity contribution in [2.24, 2.45) is 0 Å². The Morgan fingerprint density at radius 3 is 2.60 bits per heavy atom. The summed E-state index contributed by atoms with van der Waals surface area (Å²) in [5.74, 6) is 0.612. The molecule has 0 aliphatic rings. The fraction of sp³-hybridized carbons (Fsp3) is 0.368.